The second kappa shape index (κ2) is 6.40. The van der Waals surface area contributed by atoms with Gasteiger partial charge < -0.3 is 14.2 Å². The van der Waals surface area contributed by atoms with Gasteiger partial charge in [-0.25, -0.2) is 4.79 Å². The van der Waals surface area contributed by atoms with Gasteiger partial charge >= 0.3 is 5.97 Å². The van der Waals surface area contributed by atoms with Crippen LogP contribution in [0.1, 0.15) is 11.1 Å². The molecule has 0 unspecified atom stereocenters. The van der Waals surface area contributed by atoms with E-state index >= 15 is 0 Å². The highest BCUT2D eigenvalue weighted by Crippen LogP contribution is 2.28. The Bertz CT molecular complexity index is 768. The minimum absolute atomic E-state index is 0.355. The second-order valence-electron chi connectivity index (χ2n) is 5.00. The van der Waals surface area contributed by atoms with Gasteiger partial charge in [0.15, 0.2) is 0 Å². The standard InChI is InChI=1S/C19H16O4/c1-21-16-7-3-13(4-8-16)11-15-12-18(23-19(15)20)14-5-9-17(22-2)10-6-14/h3-12H,1-2H3/b15-11-. The molecule has 2 aromatic carbocycles. The summed E-state index contributed by atoms with van der Waals surface area (Å²) in [4.78, 5) is 12.0. The van der Waals surface area contributed by atoms with E-state index in [1.165, 1.54) is 0 Å². The van der Waals surface area contributed by atoms with Crippen LogP contribution in [0.5, 0.6) is 11.5 Å². The molecule has 23 heavy (non-hydrogen) atoms. The van der Waals surface area contributed by atoms with Crippen LogP contribution in [-0.2, 0) is 9.53 Å². The molecule has 0 aliphatic carbocycles. The highest BCUT2D eigenvalue weighted by molar-refractivity contribution is 6.05. The van der Waals surface area contributed by atoms with Crippen LogP contribution in [0.2, 0.25) is 0 Å². The first-order valence-corrected chi connectivity index (χ1v) is 7.13. The normalized spacial score (nSPS) is 15.3. The quantitative estimate of drug-likeness (QED) is 0.638. The maximum Gasteiger partial charge on any atom is 0.343 e. The summed E-state index contributed by atoms with van der Waals surface area (Å²) >= 11 is 0. The van der Waals surface area contributed by atoms with Gasteiger partial charge in [-0.05, 0) is 54.1 Å². The van der Waals surface area contributed by atoms with E-state index in [4.69, 9.17) is 14.2 Å². The lowest BCUT2D eigenvalue weighted by molar-refractivity contribution is -0.130. The third-order valence-corrected chi connectivity index (χ3v) is 3.54. The largest absolute Gasteiger partial charge is 0.497 e. The van der Waals surface area contributed by atoms with E-state index in [0.717, 1.165) is 22.6 Å². The third kappa shape index (κ3) is 3.26. The molecule has 0 bridgehead atoms. The Morgan fingerprint density at radius 3 is 2.00 bits per heavy atom. The molecule has 4 nitrogen and oxygen atoms in total. The Labute approximate surface area is 134 Å². The Morgan fingerprint density at radius 2 is 1.43 bits per heavy atom. The number of cyclic esters (lactones) is 1. The Balaban J connectivity index is 1.86. The minimum Gasteiger partial charge on any atom is -0.497 e. The SMILES string of the molecule is COc1ccc(/C=C2/C=C(c3ccc(OC)cc3)OC2=O)cc1. The summed E-state index contributed by atoms with van der Waals surface area (Å²) < 4.78 is 15.6. The van der Waals surface area contributed by atoms with Crippen LogP contribution in [0, 0.1) is 0 Å². The van der Waals surface area contributed by atoms with E-state index < -0.39 is 0 Å². The number of carbonyl (C=O) groups is 1. The smallest absolute Gasteiger partial charge is 0.343 e. The van der Waals surface area contributed by atoms with Gasteiger partial charge in [0.25, 0.3) is 0 Å². The molecular formula is C19H16O4. The van der Waals surface area contributed by atoms with E-state index in [1.807, 2.05) is 48.5 Å². The number of esters is 1. The lowest BCUT2D eigenvalue weighted by Gasteiger charge is -2.03. The number of hydrogen-bond acceptors (Lipinski definition) is 4. The zero-order valence-electron chi connectivity index (χ0n) is 12.9. The van der Waals surface area contributed by atoms with Gasteiger partial charge in [-0.1, -0.05) is 12.1 Å². The van der Waals surface area contributed by atoms with Crippen molar-refractivity contribution in [3.8, 4) is 11.5 Å². The number of carbonyl (C=O) groups excluding carboxylic acids is 1. The molecule has 1 heterocycles. The van der Waals surface area contributed by atoms with Crippen molar-refractivity contribution in [1.82, 2.24) is 0 Å². The summed E-state index contributed by atoms with van der Waals surface area (Å²) in [5.41, 5.74) is 2.25. The van der Waals surface area contributed by atoms with Crippen molar-refractivity contribution in [1.29, 1.82) is 0 Å². The summed E-state index contributed by atoms with van der Waals surface area (Å²) in [7, 11) is 3.23. The van der Waals surface area contributed by atoms with Crippen LogP contribution in [0.3, 0.4) is 0 Å². The fourth-order valence-electron chi connectivity index (χ4n) is 2.27. The van der Waals surface area contributed by atoms with E-state index in [2.05, 4.69) is 0 Å². The van der Waals surface area contributed by atoms with Crippen molar-refractivity contribution in [2.24, 2.45) is 0 Å². The van der Waals surface area contributed by atoms with Crippen LogP contribution < -0.4 is 9.47 Å². The van der Waals surface area contributed by atoms with Crippen LogP contribution in [0.4, 0.5) is 0 Å². The molecule has 0 N–H and O–H groups in total. The first-order chi connectivity index (χ1) is 11.2. The van der Waals surface area contributed by atoms with Crippen molar-refractivity contribution in [3.63, 3.8) is 0 Å². The topological polar surface area (TPSA) is 44.8 Å². The predicted octanol–water partition coefficient (Wildman–Crippen LogP) is 3.69. The highest BCUT2D eigenvalue weighted by atomic mass is 16.5. The summed E-state index contributed by atoms with van der Waals surface area (Å²) in [5.74, 6) is 1.72. The van der Waals surface area contributed by atoms with E-state index in [-0.39, 0.29) is 5.97 Å². The summed E-state index contributed by atoms with van der Waals surface area (Å²) in [6.07, 6.45) is 3.53. The highest BCUT2D eigenvalue weighted by Gasteiger charge is 2.21. The molecule has 0 radical (unpaired) electrons. The molecular weight excluding hydrogens is 292 g/mol. The van der Waals surface area contributed by atoms with Gasteiger partial charge in [0.2, 0.25) is 0 Å². The van der Waals surface area contributed by atoms with Gasteiger partial charge in [0.1, 0.15) is 17.3 Å². The molecule has 0 atom stereocenters. The fraction of sp³-hybridized carbons (Fsp3) is 0.105. The van der Waals surface area contributed by atoms with Crippen molar-refractivity contribution < 1.29 is 19.0 Å². The van der Waals surface area contributed by atoms with Gasteiger partial charge in [-0.2, -0.15) is 0 Å². The zero-order chi connectivity index (χ0) is 16.2. The minimum atomic E-state index is -0.355. The van der Waals surface area contributed by atoms with Crippen LogP contribution in [0.15, 0.2) is 60.2 Å². The van der Waals surface area contributed by atoms with E-state index in [9.17, 15) is 4.79 Å². The monoisotopic (exact) mass is 308 g/mol. The lowest BCUT2D eigenvalue weighted by Crippen LogP contribution is -1.97. The molecule has 1 aliphatic heterocycles. The first kappa shape index (κ1) is 14.9. The lowest BCUT2D eigenvalue weighted by atomic mass is 10.1. The second-order valence-corrected chi connectivity index (χ2v) is 5.00. The maximum atomic E-state index is 12.0. The molecule has 4 heteroatoms. The number of ether oxygens (including phenoxy) is 3. The first-order valence-electron chi connectivity index (χ1n) is 7.13. The number of hydrogen-bond donors (Lipinski definition) is 0. The van der Waals surface area contributed by atoms with Gasteiger partial charge in [0.05, 0.1) is 19.8 Å². The van der Waals surface area contributed by atoms with Gasteiger partial charge in [0, 0.05) is 5.56 Å². The van der Waals surface area contributed by atoms with E-state index in [0.29, 0.717) is 11.3 Å². The van der Waals surface area contributed by atoms with Gasteiger partial charge in [-0.3, -0.25) is 0 Å². The number of benzene rings is 2. The molecule has 0 fully saturated rings. The average molecular weight is 308 g/mol. The predicted molar refractivity (Wildman–Crippen MR) is 88.0 cm³/mol. The number of rotatable bonds is 4. The van der Waals surface area contributed by atoms with Crippen LogP contribution in [-0.4, -0.2) is 20.2 Å². The zero-order valence-corrected chi connectivity index (χ0v) is 12.9. The summed E-state index contributed by atoms with van der Waals surface area (Å²) in [5, 5.41) is 0. The molecule has 0 amide bonds. The van der Waals surface area contributed by atoms with Crippen molar-refractivity contribution in [2.45, 2.75) is 0 Å². The molecule has 0 saturated heterocycles. The van der Waals surface area contributed by atoms with Crippen molar-refractivity contribution in [3.05, 3.63) is 71.3 Å². The van der Waals surface area contributed by atoms with E-state index in [1.54, 1.807) is 26.4 Å². The summed E-state index contributed by atoms with van der Waals surface area (Å²) in [6, 6.07) is 14.8. The molecule has 2 aromatic rings. The molecule has 0 aromatic heterocycles. The maximum absolute atomic E-state index is 12.0. The average Bonchev–Trinajstić information content (AvgIpc) is 2.96. The Kier molecular flexibility index (Phi) is 4.15. The van der Waals surface area contributed by atoms with Gasteiger partial charge in [-0.15, -0.1) is 0 Å². The third-order valence-electron chi connectivity index (χ3n) is 3.54. The Morgan fingerprint density at radius 1 is 0.870 bits per heavy atom. The number of methoxy groups -OCH3 is 2. The van der Waals surface area contributed by atoms with Crippen LogP contribution >= 0.6 is 0 Å². The molecule has 0 spiro atoms. The molecule has 3 rings (SSSR count). The van der Waals surface area contributed by atoms with Crippen LogP contribution in [0.25, 0.3) is 11.8 Å². The molecule has 1 aliphatic rings. The summed E-state index contributed by atoms with van der Waals surface area (Å²) in [6.45, 7) is 0. The van der Waals surface area contributed by atoms with Crippen molar-refractivity contribution in [2.75, 3.05) is 14.2 Å². The van der Waals surface area contributed by atoms with Crippen molar-refractivity contribution >= 4 is 17.8 Å². The molecule has 0 saturated carbocycles. The fourth-order valence-corrected chi connectivity index (χ4v) is 2.27. The molecule has 116 valence electrons. The Hall–Kier alpha value is -3.01.